The average molecular weight is 342 g/mol. The number of pyridine rings is 1. The number of carbonyl (C=O) groups excluding carboxylic acids is 1. The second-order valence-electron chi connectivity index (χ2n) is 6.01. The predicted molar refractivity (Wildman–Crippen MR) is 93.0 cm³/mol. The lowest BCUT2D eigenvalue weighted by Crippen LogP contribution is -2.35. The Hall–Kier alpha value is -2.60. The van der Waals surface area contributed by atoms with Crippen LogP contribution < -0.4 is 14.8 Å². The molecule has 1 atom stereocenters. The molecule has 1 N–H and O–H groups in total. The molecule has 25 heavy (non-hydrogen) atoms. The molecule has 2 aromatic rings. The lowest BCUT2D eigenvalue weighted by Gasteiger charge is -2.25. The first-order chi connectivity index (χ1) is 12.2. The van der Waals surface area contributed by atoms with Crippen molar-refractivity contribution in [3.05, 3.63) is 53.3 Å². The van der Waals surface area contributed by atoms with E-state index in [4.69, 9.17) is 14.2 Å². The van der Waals surface area contributed by atoms with Gasteiger partial charge in [0.25, 0.3) is 5.91 Å². The smallest absolute Gasteiger partial charge is 0.269 e. The minimum Gasteiger partial charge on any atom is -0.497 e. The summed E-state index contributed by atoms with van der Waals surface area (Å²) >= 11 is 0. The van der Waals surface area contributed by atoms with Crippen molar-refractivity contribution in [2.75, 3.05) is 27.4 Å². The number of aromatic nitrogens is 1. The first-order valence-corrected chi connectivity index (χ1v) is 8.22. The van der Waals surface area contributed by atoms with Crippen molar-refractivity contribution in [3.8, 4) is 11.5 Å². The van der Waals surface area contributed by atoms with Crippen LogP contribution in [0.25, 0.3) is 0 Å². The molecule has 0 bridgehead atoms. The Morgan fingerprint density at radius 3 is 3.00 bits per heavy atom. The number of nitrogens with zero attached hydrogens (tertiary/aromatic N) is 1. The molecule has 0 radical (unpaired) electrons. The summed E-state index contributed by atoms with van der Waals surface area (Å²) in [7, 11) is 3.24. The van der Waals surface area contributed by atoms with Crippen molar-refractivity contribution < 1.29 is 19.0 Å². The van der Waals surface area contributed by atoms with Crippen LogP contribution in [0.2, 0.25) is 0 Å². The van der Waals surface area contributed by atoms with Crippen molar-refractivity contribution in [2.45, 2.75) is 13.0 Å². The van der Waals surface area contributed by atoms with Crippen LogP contribution in [0.1, 0.15) is 21.7 Å². The Labute approximate surface area is 147 Å². The van der Waals surface area contributed by atoms with Crippen molar-refractivity contribution >= 4 is 5.91 Å². The number of nitrogens with one attached hydrogen (secondary N) is 1. The van der Waals surface area contributed by atoms with Gasteiger partial charge >= 0.3 is 0 Å². The normalized spacial score (nSPS) is 15.8. The summed E-state index contributed by atoms with van der Waals surface area (Å²) < 4.78 is 16.1. The van der Waals surface area contributed by atoms with E-state index in [0.29, 0.717) is 25.5 Å². The van der Waals surface area contributed by atoms with Gasteiger partial charge in [0.05, 0.1) is 26.0 Å². The summed E-state index contributed by atoms with van der Waals surface area (Å²) in [6.07, 6.45) is 0.858. The van der Waals surface area contributed by atoms with Gasteiger partial charge in [-0.05, 0) is 30.2 Å². The van der Waals surface area contributed by atoms with E-state index in [0.717, 1.165) is 29.2 Å². The molecule has 6 heteroatoms. The maximum absolute atomic E-state index is 12.3. The number of carbonyl (C=O) groups is 1. The molecular weight excluding hydrogens is 320 g/mol. The van der Waals surface area contributed by atoms with Crippen molar-refractivity contribution in [1.29, 1.82) is 0 Å². The van der Waals surface area contributed by atoms with Crippen LogP contribution in [0.4, 0.5) is 0 Å². The quantitative estimate of drug-likeness (QED) is 0.872. The number of hydrogen-bond acceptors (Lipinski definition) is 5. The number of hydrogen-bond donors (Lipinski definition) is 1. The van der Waals surface area contributed by atoms with Crippen LogP contribution in [-0.4, -0.2) is 38.3 Å². The van der Waals surface area contributed by atoms with E-state index in [2.05, 4.69) is 10.3 Å². The number of methoxy groups -OCH3 is 2. The predicted octanol–water partition coefficient (Wildman–Crippen LogP) is 2.22. The Bertz CT molecular complexity index is 748. The second-order valence-corrected chi connectivity index (χ2v) is 6.01. The molecule has 2 heterocycles. The van der Waals surface area contributed by atoms with Crippen LogP contribution in [0, 0.1) is 5.92 Å². The third-order valence-corrected chi connectivity index (χ3v) is 4.14. The Kier molecular flexibility index (Phi) is 5.50. The van der Waals surface area contributed by atoms with Crippen LogP contribution in [0.3, 0.4) is 0 Å². The van der Waals surface area contributed by atoms with Gasteiger partial charge in [-0.15, -0.1) is 0 Å². The lowest BCUT2D eigenvalue weighted by atomic mass is 9.96. The lowest BCUT2D eigenvalue weighted by molar-refractivity contribution is 0.0933. The highest BCUT2D eigenvalue weighted by molar-refractivity contribution is 5.92. The zero-order valence-corrected chi connectivity index (χ0v) is 14.5. The molecule has 1 aromatic carbocycles. The van der Waals surface area contributed by atoms with E-state index in [1.54, 1.807) is 20.3 Å². The highest BCUT2D eigenvalue weighted by Crippen LogP contribution is 2.30. The average Bonchev–Trinajstić information content (AvgIpc) is 2.66. The molecule has 1 aliphatic rings. The SMILES string of the molecule is COCc1cccc(C(=O)NCC2COc3cc(OC)ccc3C2)n1. The van der Waals surface area contributed by atoms with Crippen molar-refractivity contribution in [2.24, 2.45) is 5.92 Å². The maximum atomic E-state index is 12.3. The molecule has 0 spiro atoms. The Morgan fingerprint density at radius 1 is 1.32 bits per heavy atom. The van der Waals surface area contributed by atoms with E-state index in [1.165, 1.54) is 0 Å². The topological polar surface area (TPSA) is 69.7 Å². The molecule has 0 saturated carbocycles. The molecule has 3 rings (SSSR count). The Morgan fingerprint density at radius 2 is 2.20 bits per heavy atom. The molecule has 0 saturated heterocycles. The van der Waals surface area contributed by atoms with Gasteiger partial charge in [0.2, 0.25) is 0 Å². The highest BCUT2D eigenvalue weighted by atomic mass is 16.5. The molecule has 6 nitrogen and oxygen atoms in total. The van der Waals surface area contributed by atoms with Crippen LogP contribution in [-0.2, 0) is 17.8 Å². The van der Waals surface area contributed by atoms with Gasteiger partial charge in [-0.25, -0.2) is 4.98 Å². The van der Waals surface area contributed by atoms with E-state index in [9.17, 15) is 4.79 Å². The third-order valence-electron chi connectivity index (χ3n) is 4.14. The maximum Gasteiger partial charge on any atom is 0.269 e. The van der Waals surface area contributed by atoms with Gasteiger partial charge in [0.1, 0.15) is 17.2 Å². The third kappa shape index (κ3) is 4.28. The summed E-state index contributed by atoms with van der Waals surface area (Å²) in [5.74, 6) is 1.69. The second kappa shape index (κ2) is 7.98. The van der Waals surface area contributed by atoms with Gasteiger partial charge in [0, 0.05) is 25.6 Å². The summed E-state index contributed by atoms with van der Waals surface area (Å²) in [5, 5.41) is 2.94. The number of amides is 1. The molecule has 1 aliphatic heterocycles. The molecule has 0 fully saturated rings. The Balaban J connectivity index is 1.57. The van der Waals surface area contributed by atoms with Crippen LogP contribution in [0.15, 0.2) is 36.4 Å². The summed E-state index contributed by atoms with van der Waals surface area (Å²) in [6.45, 7) is 1.50. The zero-order chi connectivity index (χ0) is 17.6. The first-order valence-electron chi connectivity index (χ1n) is 8.22. The largest absolute Gasteiger partial charge is 0.497 e. The van der Waals surface area contributed by atoms with E-state index >= 15 is 0 Å². The molecule has 132 valence electrons. The number of rotatable bonds is 6. The minimum absolute atomic E-state index is 0.182. The van der Waals surface area contributed by atoms with Gasteiger partial charge < -0.3 is 19.5 Å². The van der Waals surface area contributed by atoms with Gasteiger partial charge in [-0.3, -0.25) is 4.79 Å². The minimum atomic E-state index is -0.182. The number of benzene rings is 1. The van der Waals surface area contributed by atoms with Crippen molar-refractivity contribution in [3.63, 3.8) is 0 Å². The number of fused-ring (bicyclic) bond motifs is 1. The van der Waals surface area contributed by atoms with E-state index in [-0.39, 0.29) is 11.8 Å². The number of ether oxygens (including phenoxy) is 3. The fourth-order valence-electron chi connectivity index (χ4n) is 2.84. The molecule has 1 amide bonds. The summed E-state index contributed by atoms with van der Waals surface area (Å²) in [4.78, 5) is 16.6. The van der Waals surface area contributed by atoms with Crippen LogP contribution >= 0.6 is 0 Å². The first kappa shape index (κ1) is 17.2. The fraction of sp³-hybridized carbons (Fsp3) is 0.368. The molecule has 1 aromatic heterocycles. The van der Waals surface area contributed by atoms with Crippen LogP contribution in [0.5, 0.6) is 11.5 Å². The standard InChI is InChI=1S/C19H22N2O4/c1-23-12-15-4-3-5-17(21-15)19(22)20-10-13-8-14-6-7-16(24-2)9-18(14)25-11-13/h3-7,9,13H,8,10-12H2,1-2H3,(H,20,22). The van der Waals surface area contributed by atoms with E-state index < -0.39 is 0 Å². The van der Waals surface area contributed by atoms with Gasteiger partial charge in [0.15, 0.2) is 0 Å². The monoisotopic (exact) mass is 342 g/mol. The fourth-order valence-corrected chi connectivity index (χ4v) is 2.84. The highest BCUT2D eigenvalue weighted by Gasteiger charge is 2.21. The molecule has 1 unspecified atom stereocenters. The van der Waals surface area contributed by atoms with E-state index in [1.807, 2.05) is 30.3 Å². The van der Waals surface area contributed by atoms with Crippen molar-refractivity contribution in [1.82, 2.24) is 10.3 Å². The molecular formula is C19H22N2O4. The zero-order valence-electron chi connectivity index (χ0n) is 14.5. The van der Waals surface area contributed by atoms with Gasteiger partial charge in [-0.2, -0.15) is 0 Å². The van der Waals surface area contributed by atoms with Gasteiger partial charge in [-0.1, -0.05) is 12.1 Å². The summed E-state index contributed by atoms with van der Waals surface area (Å²) in [5.41, 5.74) is 2.27. The summed E-state index contributed by atoms with van der Waals surface area (Å²) in [6, 6.07) is 11.2. The molecule has 0 aliphatic carbocycles.